The SMILES string of the molecule is Cc1ccc(C2CCCCCN2)c(Br)c1. The summed E-state index contributed by atoms with van der Waals surface area (Å²) in [5, 5.41) is 3.63. The van der Waals surface area contributed by atoms with Crippen LogP contribution in [0.2, 0.25) is 0 Å². The van der Waals surface area contributed by atoms with Crippen LogP contribution in [-0.2, 0) is 0 Å². The van der Waals surface area contributed by atoms with E-state index < -0.39 is 0 Å². The minimum atomic E-state index is 0.544. The fourth-order valence-electron chi connectivity index (χ4n) is 2.21. The minimum Gasteiger partial charge on any atom is -0.310 e. The second kappa shape index (κ2) is 5.13. The molecule has 1 unspecified atom stereocenters. The molecule has 82 valence electrons. The summed E-state index contributed by atoms with van der Waals surface area (Å²) in [6, 6.07) is 7.21. The van der Waals surface area contributed by atoms with Crippen molar-refractivity contribution in [3.8, 4) is 0 Å². The monoisotopic (exact) mass is 267 g/mol. The zero-order chi connectivity index (χ0) is 10.7. The largest absolute Gasteiger partial charge is 0.310 e. The maximum Gasteiger partial charge on any atom is 0.0331 e. The molecule has 1 aliphatic heterocycles. The molecule has 15 heavy (non-hydrogen) atoms. The lowest BCUT2D eigenvalue weighted by Gasteiger charge is -2.18. The Morgan fingerprint density at radius 1 is 1.27 bits per heavy atom. The maximum atomic E-state index is 3.67. The van der Waals surface area contributed by atoms with Crippen LogP contribution >= 0.6 is 15.9 Å². The molecule has 1 aromatic carbocycles. The van der Waals surface area contributed by atoms with Gasteiger partial charge in [0.25, 0.3) is 0 Å². The molecule has 1 heterocycles. The highest BCUT2D eigenvalue weighted by Gasteiger charge is 2.15. The van der Waals surface area contributed by atoms with E-state index in [4.69, 9.17) is 0 Å². The normalized spacial score (nSPS) is 22.4. The van der Waals surface area contributed by atoms with E-state index in [2.05, 4.69) is 46.4 Å². The first kappa shape index (κ1) is 11.2. The molecule has 1 aromatic rings. The van der Waals surface area contributed by atoms with Gasteiger partial charge in [-0.1, -0.05) is 40.9 Å². The molecule has 2 heteroatoms. The van der Waals surface area contributed by atoms with Crippen LogP contribution in [0.15, 0.2) is 22.7 Å². The van der Waals surface area contributed by atoms with E-state index in [-0.39, 0.29) is 0 Å². The number of hydrogen-bond donors (Lipinski definition) is 1. The van der Waals surface area contributed by atoms with E-state index in [0.717, 1.165) is 6.54 Å². The molecule has 0 bridgehead atoms. The first-order valence-corrected chi connectivity index (χ1v) is 6.56. The topological polar surface area (TPSA) is 12.0 Å². The van der Waals surface area contributed by atoms with Crippen molar-refractivity contribution in [1.29, 1.82) is 0 Å². The lowest BCUT2D eigenvalue weighted by atomic mass is 10.0. The quantitative estimate of drug-likeness (QED) is 0.812. The molecule has 0 radical (unpaired) electrons. The van der Waals surface area contributed by atoms with Gasteiger partial charge in [0.15, 0.2) is 0 Å². The van der Waals surface area contributed by atoms with Gasteiger partial charge < -0.3 is 5.32 Å². The highest BCUT2D eigenvalue weighted by Crippen LogP contribution is 2.29. The molecular formula is C13H18BrN. The molecule has 0 spiro atoms. The summed E-state index contributed by atoms with van der Waals surface area (Å²) in [4.78, 5) is 0. The molecule has 1 atom stereocenters. The van der Waals surface area contributed by atoms with Crippen molar-refractivity contribution in [3.05, 3.63) is 33.8 Å². The number of rotatable bonds is 1. The van der Waals surface area contributed by atoms with Crippen LogP contribution in [-0.4, -0.2) is 6.54 Å². The van der Waals surface area contributed by atoms with E-state index in [9.17, 15) is 0 Å². The highest BCUT2D eigenvalue weighted by molar-refractivity contribution is 9.10. The van der Waals surface area contributed by atoms with Crippen LogP contribution in [0, 0.1) is 6.92 Å². The van der Waals surface area contributed by atoms with E-state index in [0.29, 0.717) is 6.04 Å². The average molecular weight is 268 g/mol. The molecule has 1 nitrogen and oxygen atoms in total. The molecule has 0 aliphatic carbocycles. The second-order valence-electron chi connectivity index (χ2n) is 4.38. The van der Waals surface area contributed by atoms with Crippen LogP contribution in [0.5, 0.6) is 0 Å². The standard InChI is InChI=1S/C13H18BrN/c1-10-6-7-11(12(14)9-10)13-5-3-2-4-8-15-13/h6-7,9,13,15H,2-5,8H2,1H3. The Morgan fingerprint density at radius 2 is 2.13 bits per heavy atom. The van der Waals surface area contributed by atoms with Crippen LogP contribution < -0.4 is 5.32 Å². The van der Waals surface area contributed by atoms with E-state index in [1.807, 2.05) is 0 Å². The van der Waals surface area contributed by atoms with Crippen molar-refractivity contribution in [1.82, 2.24) is 5.32 Å². The fourth-order valence-corrected chi connectivity index (χ4v) is 2.98. The minimum absolute atomic E-state index is 0.544. The lowest BCUT2D eigenvalue weighted by Crippen LogP contribution is -2.20. The van der Waals surface area contributed by atoms with Gasteiger partial charge in [-0.2, -0.15) is 0 Å². The summed E-state index contributed by atoms with van der Waals surface area (Å²) >= 11 is 3.67. The average Bonchev–Trinajstić information content (AvgIpc) is 2.46. The Morgan fingerprint density at radius 3 is 2.93 bits per heavy atom. The van der Waals surface area contributed by atoms with E-state index >= 15 is 0 Å². The van der Waals surface area contributed by atoms with Gasteiger partial charge in [-0.15, -0.1) is 0 Å². The van der Waals surface area contributed by atoms with Gasteiger partial charge in [-0.25, -0.2) is 0 Å². The van der Waals surface area contributed by atoms with Crippen molar-refractivity contribution < 1.29 is 0 Å². The smallest absolute Gasteiger partial charge is 0.0331 e. The summed E-state index contributed by atoms with van der Waals surface area (Å²) in [5.74, 6) is 0. The number of aryl methyl sites for hydroxylation is 1. The molecule has 0 aromatic heterocycles. The van der Waals surface area contributed by atoms with Gasteiger partial charge in [-0.3, -0.25) is 0 Å². The Bertz CT molecular complexity index is 327. The third kappa shape index (κ3) is 2.82. The third-order valence-electron chi connectivity index (χ3n) is 3.09. The van der Waals surface area contributed by atoms with E-state index in [1.165, 1.54) is 41.3 Å². The van der Waals surface area contributed by atoms with Gasteiger partial charge in [-0.05, 0) is 43.5 Å². The third-order valence-corrected chi connectivity index (χ3v) is 3.78. The van der Waals surface area contributed by atoms with Crippen LogP contribution in [0.25, 0.3) is 0 Å². The van der Waals surface area contributed by atoms with Gasteiger partial charge in [0.05, 0.1) is 0 Å². The summed E-state index contributed by atoms with van der Waals surface area (Å²) in [6.45, 7) is 3.29. The van der Waals surface area contributed by atoms with Crippen LogP contribution in [0.1, 0.15) is 42.9 Å². The number of halogens is 1. The van der Waals surface area contributed by atoms with Gasteiger partial charge >= 0.3 is 0 Å². The fraction of sp³-hybridized carbons (Fsp3) is 0.538. The second-order valence-corrected chi connectivity index (χ2v) is 5.24. The molecule has 1 fully saturated rings. The molecule has 0 saturated carbocycles. The first-order chi connectivity index (χ1) is 7.27. The Balaban J connectivity index is 2.19. The summed E-state index contributed by atoms with van der Waals surface area (Å²) in [6.07, 6.45) is 5.30. The highest BCUT2D eigenvalue weighted by atomic mass is 79.9. The Hall–Kier alpha value is -0.340. The number of nitrogens with one attached hydrogen (secondary N) is 1. The molecule has 1 aliphatic rings. The molecule has 2 rings (SSSR count). The lowest BCUT2D eigenvalue weighted by molar-refractivity contribution is 0.533. The Kier molecular flexibility index (Phi) is 3.81. The van der Waals surface area contributed by atoms with Gasteiger partial charge in [0, 0.05) is 10.5 Å². The van der Waals surface area contributed by atoms with Crippen molar-refractivity contribution >= 4 is 15.9 Å². The predicted octanol–water partition coefficient (Wildman–Crippen LogP) is 3.96. The van der Waals surface area contributed by atoms with Crippen LogP contribution in [0.4, 0.5) is 0 Å². The van der Waals surface area contributed by atoms with Crippen molar-refractivity contribution in [2.75, 3.05) is 6.54 Å². The predicted molar refractivity (Wildman–Crippen MR) is 68.1 cm³/mol. The van der Waals surface area contributed by atoms with Crippen molar-refractivity contribution in [3.63, 3.8) is 0 Å². The van der Waals surface area contributed by atoms with Crippen LogP contribution in [0.3, 0.4) is 0 Å². The molecular weight excluding hydrogens is 250 g/mol. The number of hydrogen-bond acceptors (Lipinski definition) is 1. The molecule has 0 amide bonds. The summed E-state index contributed by atoms with van der Waals surface area (Å²) in [7, 11) is 0. The summed E-state index contributed by atoms with van der Waals surface area (Å²) in [5.41, 5.74) is 2.74. The first-order valence-electron chi connectivity index (χ1n) is 5.77. The number of benzene rings is 1. The van der Waals surface area contributed by atoms with E-state index in [1.54, 1.807) is 0 Å². The van der Waals surface area contributed by atoms with Gasteiger partial charge in [0.1, 0.15) is 0 Å². The zero-order valence-corrected chi connectivity index (χ0v) is 10.8. The van der Waals surface area contributed by atoms with Crippen molar-refractivity contribution in [2.45, 2.75) is 38.6 Å². The van der Waals surface area contributed by atoms with Gasteiger partial charge in [0.2, 0.25) is 0 Å². The Labute approximate surface area is 100 Å². The molecule has 1 N–H and O–H groups in total. The van der Waals surface area contributed by atoms with Crippen molar-refractivity contribution in [2.24, 2.45) is 0 Å². The maximum absolute atomic E-state index is 3.67. The zero-order valence-electron chi connectivity index (χ0n) is 9.22. The molecule has 1 saturated heterocycles. The summed E-state index contributed by atoms with van der Waals surface area (Å²) < 4.78 is 1.25.